The van der Waals surface area contributed by atoms with Gasteiger partial charge in [0.15, 0.2) is 5.82 Å². The van der Waals surface area contributed by atoms with Crippen LogP contribution in [0.4, 0.5) is 10.1 Å². The maximum atomic E-state index is 14.5. The van der Waals surface area contributed by atoms with Crippen molar-refractivity contribution in [3.63, 3.8) is 0 Å². The fourth-order valence-corrected chi connectivity index (χ4v) is 3.39. The molecule has 5 nitrogen and oxygen atoms in total. The minimum atomic E-state index is -0.390. The van der Waals surface area contributed by atoms with E-state index in [1.165, 1.54) is 12.1 Å². The van der Waals surface area contributed by atoms with Gasteiger partial charge in [-0.15, -0.1) is 10.2 Å². The molecule has 0 atom stereocenters. The smallest absolute Gasteiger partial charge is 0.255 e. The Hall–Kier alpha value is -2.73. The van der Waals surface area contributed by atoms with Crippen LogP contribution in [0.1, 0.15) is 35.4 Å². The van der Waals surface area contributed by atoms with E-state index in [1.54, 1.807) is 30.3 Å². The number of halogens is 2. The zero-order valence-electron chi connectivity index (χ0n) is 14.6. The summed E-state index contributed by atoms with van der Waals surface area (Å²) < 4.78 is 16.5. The van der Waals surface area contributed by atoms with Crippen molar-refractivity contribution in [1.29, 1.82) is 0 Å². The number of benzene rings is 2. The van der Waals surface area contributed by atoms with Crippen LogP contribution in [-0.4, -0.2) is 20.7 Å². The van der Waals surface area contributed by atoms with Crippen LogP contribution in [0, 0.1) is 5.82 Å². The second-order valence-electron chi connectivity index (χ2n) is 6.56. The molecule has 1 aromatic heterocycles. The first-order chi connectivity index (χ1) is 13.1. The fourth-order valence-electron chi connectivity index (χ4n) is 3.26. The van der Waals surface area contributed by atoms with E-state index in [1.807, 2.05) is 4.57 Å². The molecule has 0 spiro atoms. The Labute approximate surface area is 161 Å². The topological polar surface area (TPSA) is 59.8 Å². The maximum Gasteiger partial charge on any atom is 0.255 e. The molecule has 0 radical (unpaired) electrons. The van der Waals surface area contributed by atoms with Gasteiger partial charge in [0, 0.05) is 29.2 Å². The Morgan fingerprint density at radius 1 is 1.07 bits per heavy atom. The van der Waals surface area contributed by atoms with E-state index in [2.05, 4.69) is 15.5 Å². The number of nitrogens with zero attached hydrogens (tertiary/aromatic N) is 3. The number of aromatic nitrogens is 3. The van der Waals surface area contributed by atoms with Crippen molar-refractivity contribution in [2.24, 2.45) is 0 Å². The summed E-state index contributed by atoms with van der Waals surface area (Å²) in [6.07, 6.45) is 4.06. The summed E-state index contributed by atoms with van der Waals surface area (Å²) in [7, 11) is 0. The SMILES string of the molecule is O=C(Nc1ccc(F)c(-c2nnc3n2CCCCC3)c1)c1ccc(Cl)cc1. The number of carbonyl (C=O) groups excluding carboxylic acids is 1. The summed E-state index contributed by atoms with van der Waals surface area (Å²) in [5.41, 5.74) is 1.31. The molecule has 0 aliphatic carbocycles. The van der Waals surface area contributed by atoms with Crippen LogP contribution >= 0.6 is 11.6 Å². The lowest BCUT2D eigenvalue weighted by Crippen LogP contribution is -2.12. The second kappa shape index (κ2) is 7.48. The number of amides is 1. The summed E-state index contributed by atoms with van der Waals surface area (Å²) in [6, 6.07) is 11.1. The molecule has 27 heavy (non-hydrogen) atoms. The van der Waals surface area contributed by atoms with E-state index in [-0.39, 0.29) is 11.7 Å². The monoisotopic (exact) mass is 384 g/mol. The minimum absolute atomic E-state index is 0.288. The van der Waals surface area contributed by atoms with E-state index >= 15 is 0 Å². The lowest BCUT2D eigenvalue weighted by Gasteiger charge is -2.10. The molecule has 0 unspecified atom stereocenters. The summed E-state index contributed by atoms with van der Waals surface area (Å²) in [6.45, 7) is 0.776. The van der Waals surface area contributed by atoms with Crippen LogP contribution < -0.4 is 5.32 Å². The number of carbonyl (C=O) groups is 1. The van der Waals surface area contributed by atoms with Crippen molar-refractivity contribution in [2.75, 3.05) is 5.32 Å². The Kier molecular flexibility index (Phi) is 4.90. The molecule has 2 aromatic carbocycles. The van der Waals surface area contributed by atoms with Gasteiger partial charge in [0.25, 0.3) is 5.91 Å². The molecule has 3 aromatic rings. The Balaban J connectivity index is 1.63. The highest BCUT2D eigenvalue weighted by Gasteiger charge is 2.19. The molecule has 1 aliphatic rings. The van der Waals surface area contributed by atoms with Gasteiger partial charge in [-0.1, -0.05) is 18.0 Å². The third kappa shape index (κ3) is 3.71. The van der Waals surface area contributed by atoms with Crippen LogP contribution in [0.5, 0.6) is 0 Å². The number of anilines is 1. The third-order valence-electron chi connectivity index (χ3n) is 4.68. The number of hydrogen-bond acceptors (Lipinski definition) is 3. The quantitative estimate of drug-likeness (QED) is 0.711. The Morgan fingerprint density at radius 2 is 1.89 bits per heavy atom. The molecule has 2 heterocycles. The summed E-state index contributed by atoms with van der Waals surface area (Å²) in [5, 5.41) is 11.8. The molecule has 0 saturated carbocycles. The number of nitrogens with one attached hydrogen (secondary N) is 1. The summed E-state index contributed by atoms with van der Waals surface area (Å²) in [4.78, 5) is 12.4. The van der Waals surface area contributed by atoms with E-state index in [0.29, 0.717) is 27.7 Å². The number of fused-ring (bicyclic) bond motifs is 1. The van der Waals surface area contributed by atoms with Gasteiger partial charge in [-0.2, -0.15) is 0 Å². The molecule has 1 N–H and O–H groups in total. The van der Waals surface area contributed by atoms with Gasteiger partial charge >= 0.3 is 0 Å². The van der Waals surface area contributed by atoms with Crippen molar-refractivity contribution in [3.05, 3.63) is 64.7 Å². The van der Waals surface area contributed by atoms with Gasteiger partial charge in [0.05, 0.1) is 5.56 Å². The van der Waals surface area contributed by atoms with Crippen LogP contribution in [0.3, 0.4) is 0 Å². The standard InChI is InChI=1S/C20H18ClFN4O/c21-14-7-5-13(6-8-14)20(27)23-15-9-10-17(22)16(12-15)19-25-24-18-4-2-1-3-11-26(18)19/h5-10,12H,1-4,11H2,(H,23,27). The fraction of sp³-hybridized carbons (Fsp3) is 0.250. The molecule has 0 bridgehead atoms. The minimum Gasteiger partial charge on any atom is -0.322 e. The normalized spacial score (nSPS) is 13.7. The van der Waals surface area contributed by atoms with Gasteiger partial charge in [-0.05, 0) is 55.3 Å². The van der Waals surface area contributed by atoms with E-state index in [0.717, 1.165) is 38.1 Å². The van der Waals surface area contributed by atoms with Gasteiger partial charge in [0.1, 0.15) is 11.6 Å². The van der Waals surface area contributed by atoms with Crippen molar-refractivity contribution in [2.45, 2.75) is 32.2 Å². The van der Waals surface area contributed by atoms with Gasteiger partial charge in [0.2, 0.25) is 0 Å². The molecule has 7 heteroatoms. The average Bonchev–Trinajstić information content (AvgIpc) is 2.91. The highest BCUT2D eigenvalue weighted by atomic mass is 35.5. The van der Waals surface area contributed by atoms with Gasteiger partial charge in [-0.25, -0.2) is 4.39 Å². The first kappa shape index (κ1) is 17.7. The molecule has 4 rings (SSSR count). The van der Waals surface area contributed by atoms with Crippen molar-refractivity contribution < 1.29 is 9.18 Å². The molecule has 1 amide bonds. The van der Waals surface area contributed by atoms with E-state index < -0.39 is 0 Å². The average molecular weight is 385 g/mol. The maximum absolute atomic E-state index is 14.5. The summed E-state index contributed by atoms with van der Waals surface area (Å²) >= 11 is 5.85. The van der Waals surface area contributed by atoms with Crippen molar-refractivity contribution >= 4 is 23.2 Å². The third-order valence-corrected chi connectivity index (χ3v) is 4.93. The van der Waals surface area contributed by atoms with E-state index in [4.69, 9.17) is 11.6 Å². The van der Waals surface area contributed by atoms with E-state index in [9.17, 15) is 9.18 Å². The predicted molar refractivity (Wildman–Crippen MR) is 102 cm³/mol. The highest BCUT2D eigenvalue weighted by molar-refractivity contribution is 6.30. The molecule has 138 valence electrons. The highest BCUT2D eigenvalue weighted by Crippen LogP contribution is 2.27. The Bertz CT molecular complexity index is 984. The molecule has 0 saturated heterocycles. The number of rotatable bonds is 3. The zero-order valence-corrected chi connectivity index (χ0v) is 15.3. The lowest BCUT2D eigenvalue weighted by atomic mass is 10.1. The lowest BCUT2D eigenvalue weighted by molar-refractivity contribution is 0.102. The van der Waals surface area contributed by atoms with Crippen LogP contribution in [0.2, 0.25) is 5.02 Å². The molecule has 0 fully saturated rings. The second-order valence-corrected chi connectivity index (χ2v) is 6.99. The van der Waals surface area contributed by atoms with Crippen LogP contribution in [-0.2, 0) is 13.0 Å². The molecule has 1 aliphatic heterocycles. The van der Waals surface area contributed by atoms with Crippen LogP contribution in [0.25, 0.3) is 11.4 Å². The molecular weight excluding hydrogens is 367 g/mol. The van der Waals surface area contributed by atoms with Gasteiger partial charge < -0.3 is 9.88 Å². The van der Waals surface area contributed by atoms with Gasteiger partial charge in [-0.3, -0.25) is 4.79 Å². The summed E-state index contributed by atoms with van der Waals surface area (Å²) in [5.74, 6) is 0.715. The number of aryl methyl sites for hydroxylation is 1. The van der Waals surface area contributed by atoms with Crippen molar-refractivity contribution in [1.82, 2.24) is 14.8 Å². The molecular formula is C20H18ClFN4O. The first-order valence-corrected chi connectivity index (χ1v) is 9.28. The zero-order chi connectivity index (χ0) is 18.8. The largest absolute Gasteiger partial charge is 0.322 e. The van der Waals surface area contributed by atoms with Crippen LogP contribution in [0.15, 0.2) is 42.5 Å². The predicted octanol–water partition coefficient (Wildman–Crippen LogP) is 4.72. The first-order valence-electron chi connectivity index (χ1n) is 8.91. The van der Waals surface area contributed by atoms with Crippen molar-refractivity contribution in [3.8, 4) is 11.4 Å². The Morgan fingerprint density at radius 3 is 2.70 bits per heavy atom. The number of hydrogen-bond donors (Lipinski definition) is 1.